The number of nitrogens with zero attached hydrogens (tertiary/aromatic N) is 2. The molecule has 0 spiro atoms. The van der Waals surface area contributed by atoms with Gasteiger partial charge in [0.1, 0.15) is 0 Å². The van der Waals surface area contributed by atoms with Crippen molar-refractivity contribution in [2.45, 2.75) is 0 Å². The summed E-state index contributed by atoms with van der Waals surface area (Å²) in [5.74, 6) is -1.60. The molecule has 1 radical (unpaired) electrons. The van der Waals surface area contributed by atoms with Crippen LogP contribution in [0.2, 0.25) is 0 Å². The summed E-state index contributed by atoms with van der Waals surface area (Å²) in [5, 5.41) is 16.7. The molecule has 18 heavy (non-hydrogen) atoms. The van der Waals surface area contributed by atoms with Crippen molar-refractivity contribution in [2.24, 2.45) is 0 Å². The van der Waals surface area contributed by atoms with E-state index in [1.165, 1.54) is 6.07 Å². The number of carbonyl (C=O) groups is 2. The van der Waals surface area contributed by atoms with Gasteiger partial charge in [-0.15, -0.1) is 0 Å². The first-order valence-corrected chi connectivity index (χ1v) is 5.23. The first-order chi connectivity index (χ1) is 8.70. The van der Waals surface area contributed by atoms with Crippen molar-refractivity contribution in [3.8, 4) is 6.07 Å². The molecule has 2 amide bonds. The second-order valence-electron chi connectivity index (χ2n) is 3.85. The van der Waals surface area contributed by atoms with Gasteiger partial charge in [-0.2, -0.15) is 5.26 Å². The van der Waals surface area contributed by atoms with Gasteiger partial charge in [0.2, 0.25) is 0 Å². The molecule has 0 atom stereocenters. The molecule has 0 unspecified atom stereocenters. The first kappa shape index (κ1) is 10.3. The highest BCUT2D eigenvalue weighted by atomic mass is 16.2. The maximum atomic E-state index is 11.3. The first-order valence-electron chi connectivity index (χ1n) is 5.23. The van der Waals surface area contributed by atoms with Gasteiger partial charge in [0, 0.05) is 10.8 Å². The molecule has 0 bridgehead atoms. The third-order valence-corrected chi connectivity index (χ3v) is 2.80. The van der Waals surface area contributed by atoms with Crippen LogP contribution in [0.1, 0.15) is 5.56 Å². The number of nitriles is 1. The second kappa shape index (κ2) is 3.57. The Labute approximate surface area is 102 Å². The highest BCUT2D eigenvalue weighted by Gasteiger charge is 2.26. The number of rotatable bonds is 0. The van der Waals surface area contributed by atoms with Crippen LogP contribution < -0.4 is 10.6 Å². The largest absolute Gasteiger partial charge is 0.335 e. The zero-order valence-corrected chi connectivity index (χ0v) is 9.10. The molecule has 0 saturated carbocycles. The third kappa shape index (κ3) is 1.33. The number of benzene rings is 2. The van der Waals surface area contributed by atoms with Gasteiger partial charge in [0.15, 0.2) is 0 Å². The molecule has 0 saturated heterocycles. The van der Waals surface area contributed by atoms with Gasteiger partial charge in [-0.05, 0) is 6.07 Å². The number of hydrogen-bond donors (Lipinski definition) is 1. The molecular weight excluding hydrogens is 230 g/mol. The second-order valence-corrected chi connectivity index (χ2v) is 3.85. The Kier molecular flexibility index (Phi) is 2.04. The van der Waals surface area contributed by atoms with E-state index in [0.29, 0.717) is 22.3 Å². The molecule has 0 aliphatic carbocycles. The van der Waals surface area contributed by atoms with Crippen LogP contribution in [-0.4, -0.2) is 11.8 Å². The molecule has 5 nitrogen and oxygen atoms in total. The fourth-order valence-electron chi connectivity index (χ4n) is 2.00. The minimum atomic E-state index is -0.846. The lowest BCUT2D eigenvalue weighted by molar-refractivity contribution is -0.135. The molecule has 5 heteroatoms. The van der Waals surface area contributed by atoms with Crippen molar-refractivity contribution in [3.05, 3.63) is 35.9 Å². The minimum Gasteiger partial charge on any atom is -0.315 e. The molecule has 85 valence electrons. The van der Waals surface area contributed by atoms with Crippen LogP contribution in [-0.2, 0) is 9.59 Å². The summed E-state index contributed by atoms with van der Waals surface area (Å²) in [5.41, 5.74) is 1.24. The quantitative estimate of drug-likeness (QED) is 0.702. The number of nitrogens with one attached hydrogen (secondary N) is 1. The molecule has 1 aliphatic heterocycles. The summed E-state index contributed by atoms with van der Waals surface area (Å²) in [7, 11) is 0. The number of fused-ring (bicyclic) bond motifs is 3. The monoisotopic (exact) mass is 236 g/mol. The van der Waals surface area contributed by atoms with Gasteiger partial charge in [-0.1, -0.05) is 24.3 Å². The van der Waals surface area contributed by atoms with E-state index >= 15 is 0 Å². The van der Waals surface area contributed by atoms with Crippen LogP contribution in [0.25, 0.3) is 10.8 Å². The minimum absolute atomic E-state index is 0.329. The number of carbonyl (C=O) groups excluding carboxylic acids is 2. The zero-order chi connectivity index (χ0) is 12.7. The van der Waals surface area contributed by atoms with Crippen molar-refractivity contribution in [1.29, 1.82) is 5.26 Å². The normalized spacial score (nSPS) is 13.5. The number of amides is 2. The average Bonchev–Trinajstić information content (AvgIpc) is 2.40. The maximum Gasteiger partial charge on any atom is 0.335 e. The Morgan fingerprint density at radius 1 is 1.17 bits per heavy atom. The van der Waals surface area contributed by atoms with Crippen LogP contribution in [0.15, 0.2) is 30.3 Å². The van der Waals surface area contributed by atoms with E-state index in [-0.39, 0.29) is 0 Å². The van der Waals surface area contributed by atoms with Crippen molar-refractivity contribution < 1.29 is 9.59 Å². The van der Waals surface area contributed by atoms with E-state index in [2.05, 4.69) is 16.7 Å². The van der Waals surface area contributed by atoms with Gasteiger partial charge in [0.05, 0.1) is 23.0 Å². The van der Waals surface area contributed by atoms with Crippen LogP contribution in [0, 0.1) is 11.3 Å². The van der Waals surface area contributed by atoms with E-state index in [9.17, 15) is 9.59 Å². The average molecular weight is 236 g/mol. The van der Waals surface area contributed by atoms with Crippen molar-refractivity contribution in [2.75, 3.05) is 5.32 Å². The fourth-order valence-corrected chi connectivity index (χ4v) is 2.00. The molecule has 1 heterocycles. The molecule has 2 aromatic carbocycles. The summed E-state index contributed by atoms with van der Waals surface area (Å²) in [4.78, 5) is 22.6. The third-order valence-electron chi connectivity index (χ3n) is 2.80. The Balaban J connectivity index is 2.39. The topological polar surface area (TPSA) is 84.1 Å². The van der Waals surface area contributed by atoms with Crippen LogP contribution >= 0.6 is 0 Å². The van der Waals surface area contributed by atoms with Gasteiger partial charge in [-0.3, -0.25) is 9.59 Å². The predicted octanol–water partition coefficient (Wildman–Crippen LogP) is 1.43. The molecule has 0 aromatic heterocycles. The SMILES string of the molecule is N#Cc1cc2c(c3ccccc13)NC(=O)C(=O)[N]2. The number of hydrogen-bond acceptors (Lipinski definition) is 3. The Morgan fingerprint density at radius 2 is 1.89 bits per heavy atom. The molecule has 3 rings (SSSR count). The van der Waals surface area contributed by atoms with Gasteiger partial charge in [0.25, 0.3) is 0 Å². The highest BCUT2D eigenvalue weighted by molar-refractivity contribution is 6.43. The standard InChI is InChI=1S/C13H6N3O2/c14-6-7-5-10-11(16-13(18)12(17)15-10)9-4-2-1-3-8(7)9/h1-5H,(H,16,18). The Hall–Kier alpha value is -2.87. The lowest BCUT2D eigenvalue weighted by Gasteiger charge is -2.17. The summed E-state index contributed by atoms with van der Waals surface area (Å²) >= 11 is 0. The summed E-state index contributed by atoms with van der Waals surface area (Å²) in [6, 6.07) is 10.7. The van der Waals surface area contributed by atoms with Crippen molar-refractivity contribution in [3.63, 3.8) is 0 Å². The molecule has 1 N–H and O–H groups in total. The van der Waals surface area contributed by atoms with Crippen molar-refractivity contribution >= 4 is 34.0 Å². The van der Waals surface area contributed by atoms with Crippen LogP contribution in [0.4, 0.5) is 11.4 Å². The lowest BCUT2D eigenvalue weighted by Crippen LogP contribution is -2.33. The molecule has 1 aliphatic rings. The lowest BCUT2D eigenvalue weighted by atomic mass is 10.0. The van der Waals surface area contributed by atoms with Crippen molar-refractivity contribution in [1.82, 2.24) is 5.32 Å². The predicted molar refractivity (Wildman–Crippen MR) is 64.1 cm³/mol. The zero-order valence-electron chi connectivity index (χ0n) is 9.10. The maximum absolute atomic E-state index is 11.3. The van der Waals surface area contributed by atoms with E-state index in [0.717, 1.165) is 5.39 Å². The fraction of sp³-hybridized carbons (Fsp3) is 0. The van der Waals surface area contributed by atoms with E-state index in [4.69, 9.17) is 5.26 Å². The highest BCUT2D eigenvalue weighted by Crippen LogP contribution is 2.35. The van der Waals surface area contributed by atoms with Crippen LogP contribution in [0.5, 0.6) is 0 Å². The van der Waals surface area contributed by atoms with Gasteiger partial charge < -0.3 is 5.32 Å². The van der Waals surface area contributed by atoms with E-state index in [1.807, 2.05) is 6.07 Å². The molecule has 2 aromatic rings. The van der Waals surface area contributed by atoms with Crippen LogP contribution in [0.3, 0.4) is 0 Å². The Morgan fingerprint density at radius 3 is 2.61 bits per heavy atom. The van der Waals surface area contributed by atoms with E-state index < -0.39 is 11.8 Å². The van der Waals surface area contributed by atoms with Gasteiger partial charge >= 0.3 is 11.8 Å². The molecule has 0 fully saturated rings. The number of anilines is 1. The molecular formula is C13H6N3O2. The van der Waals surface area contributed by atoms with E-state index in [1.54, 1.807) is 18.2 Å². The summed E-state index contributed by atoms with van der Waals surface area (Å²) in [6.07, 6.45) is 0. The summed E-state index contributed by atoms with van der Waals surface area (Å²) in [6.45, 7) is 0. The smallest absolute Gasteiger partial charge is 0.315 e. The van der Waals surface area contributed by atoms with Gasteiger partial charge in [-0.25, -0.2) is 5.32 Å². The Bertz CT molecular complexity index is 744. The summed E-state index contributed by atoms with van der Waals surface area (Å²) < 4.78 is 0.